The lowest BCUT2D eigenvalue weighted by Crippen LogP contribution is -2.51. The Morgan fingerprint density at radius 2 is 1.68 bits per heavy atom. The molecule has 0 aliphatic rings. The van der Waals surface area contributed by atoms with Crippen LogP contribution < -0.4 is 14.4 Å². The van der Waals surface area contributed by atoms with Crippen LogP contribution in [0.3, 0.4) is 0 Å². The van der Waals surface area contributed by atoms with E-state index >= 15 is 0 Å². The van der Waals surface area contributed by atoms with Gasteiger partial charge in [0.25, 0.3) is 0 Å². The van der Waals surface area contributed by atoms with Gasteiger partial charge >= 0.3 is 6.18 Å². The van der Waals surface area contributed by atoms with Crippen LogP contribution in [0.1, 0.15) is 31.9 Å². The van der Waals surface area contributed by atoms with Crippen molar-refractivity contribution in [3.05, 3.63) is 58.6 Å². The molecule has 0 spiro atoms. The maximum absolute atomic E-state index is 13.5. The van der Waals surface area contributed by atoms with E-state index in [4.69, 9.17) is 16.3 Å². The first-order valence-corrected chi connectivity index (χ1v) is 13.8. The number of benzene rings is 2. The highest BCUT2D eigenvalue weighted by Gasteiger charge is 2.34. The van der Waals surface area contributed by atoms with Crippen molar-refractivity contribution in [3.63, 3.8) is 0 Å². The molecule has 0 radical (unpaired) electrons. The number of carbonyl (C=O) groups excluding carboxylic acids is 2. The second-order valence-electron chi connectivity index (χ2n) is 9.12. The molecule has 0 saturated carbocycles. The topological polar surface area (TPSA) is 96.0 Å². The van der Waals surface area contributed by atoms with Crippen LogP contribution in [0.5, 0.6) is 5.75 Å². The minimum absolute atomic E-state index is 0.0764. The van der Waals surface area contributed by atoms with Crippen LogP contribution in [0.25, 0.3) is 0 Å². The third-order valence-corrected chi connectivity index (χ3v) is 7.03. The second kappa shape index (κ2) is 12.7. The molecule has 2 rings (SSSR count). The smallest absolute Gasteiger partial charge is 0.416 e. The summed E-state index contributed by atoms with van der Waals surface area (Å²) in [5.74, 6) is -0.576. The SMILES string of the molecule is COc1ccc(CN(C(=O)CN(c2cc(C(F)(F)F)ccc2Cl)S(C)(=O)=O)[C@@H](C)C(=O)NCC(C)C)cc1. The molecule has 1 atom stereocenters. The van der Waals surface area contributed by atoms with Gasteiger partial charge in [0, 0.05) is 13.1 Å². The summed E-state index contributed by atoms with van der Waals surface area (Å²) in [6, 6.07) is 7.85. The summed E-state index contributed by atoms with van der Waals surface area (Å²) >= 11 is 6.08. The van der Waals surface area contributed by atoms with E-state index < -0.39 is 51.9 Å². The van der Waals surface area contributed by atoms with E-state index in [-0.39, 0.29) is 17.5 Å². The van der Waals surface area contributed by atoms with Gasteiger partial charge in [-0.05, 0) is 48.7 Å². The van der Waals surface area contributed by atoms with Crippen molar-refractivity contribution in [2.45, 2.75) is 39.5 Å². The minimum atomic E-state index is -4.77. The van der Waals surface area contributed by atoms with Crippen LogP contribution in [-0.2, 0) is 32.3 Å². The highest BCUT2D eigenvalue weighted by atomic mass is 35.5. The standard InChI is InChI=1S/C25H31ClF3N3O5S/c1-16(2)13-30-24(34)17(3)31(14-18-6-9-20(37-4)10-7-18)23(33)15-32(38(5,35)36)22-12-19(25(27,28)29)8-11-21(22)26/h6-12,16-17H,13-15H2,1-5H3,(H,30,34)/t17-/m0/s1. The van der Waals surface area contributed by atoms with Crippen LogP contribution >= 0.6 is 11.6 Å². The monoisotopic (exact) mass is 577 g/mol. The Hall–Kier alpha value is -2.99. The lowest BCUT2D eigenvalue weighted by atomic mass is 10.1. The molecular formula is C25H31ClF3N3O5S. The van der Waals surface area contributed by atoms with Gasteiger partial charge in [0.15, 0.2) is 0 Å². The number of anilines is 1. The lowest BCUT2D eigenvalue weighted by molar-refractivity contribution is -0.139. The zero-order valence-corrected chi connectivity index (χ0v) is 23.2. The summed E-state index contributed by atoms with van der Waals surface area (Å²) in [5.41, 5.74) is -1.01. The van der Waals surface area contributed by atoms with E-state index in [2.05, 4.69) is 5.32 Å². The first-order valence-electron chi connectivity index (χ1n) is 11.6. The first-order chi connectivity index (χ1) is 17.5. The molecule has 0 bridgehead atoms. The van der Waals surface area contributed by atoms with E-state index in [1.165, 1.54) is 14.0 Å². The molecular weight excluding hydrogens is 547 g/mol. The number of rotatable bonds is 11. The van der Waals surface area contributed by atoms with E-state index in [1.807, 2.05) is 13.8 Å². The van der Waals surface area contributed by atoms with Gasteiger partial charge in [0.2, 0.25) is 21.8 Å². The Morgan fingerprint density at radius 3 is 2.18 bits per heavy atom. The zero-order valence-electron chi connectivity index (χ0n) is 21.7. The fraction of sp³-hybridized carbons (Fsp3) is 0.440. The van der Waals surface area contributed by atoms with Gasteiger partial charge in [-0.3, -0.25) is 13.9 Å². The number of nitrogens with one attached hydrogen (secondary N) is 1. The minimum Gasteiger partial charge on any atom is -0.497 e. The van der Waals surface area contributed by atoms with Crippen molar-refractivity contribution >= 4 is 39.1 Å². The number of hydrogen-bond donors (Lipinski definition) is 1. The van der Waals surface area contributed by atoms with Crippen molar-refractivity contribution in [2.24, 2.45) is 5.92 Å². The maximum Gasteiger partial charge on any atom is 0.416 e. The van der Waals surface area contributed by atoms with E-state index in [9.17, 15) is 31.2 Å². The van der Waals surface area contributed by atoms with Gasteiger partial charge in [0.05, 0.1) is 29.6 Å². The Labute approximate surface area is 225 Å². The van der Waals surface area contributed by atoms with E-state index in [0.29, 0.717) is 34.3 Å². The number of methoxy groups -OCH3 is 1. The van der Waals surface area contributed by atoms with Crippen molar-refractivity contribution < 1.29 is 35.9 Å². The molecule has 0 fully saturated rings. The molecule has 0 aliphatic carbocycles. The normalized spacial score (nSPS) is 12.7. The quantitative estimate of drug-likeness (QED) is 0.429. The molecule has 13 heteroatoms. The Bertz CT molecular complexity index is 1240. The second-order valence-corrected chi connectivity index (χ2v) is 11.4. The van der Waals surface area contributed by atoms with Crippen molar-refractivity contribution in [1.29, 1.82) is 0 Å². The molecule has 0 aromatic heterocycles. The van der Waals surface area contributed by atoms with Gasteiger partial charge in [-0.25, -0.2) is 8.42 Å². The zero-order chi connectivity index (χ0) is 28.8. The Morgan fingerprint density at radius 1 is 1.08 bits per heavy atom. The number of carbonyl (C=O) groups is 2. The van der Waals surface area contributed by atoms with Gasteiger partial charge in [-0.15, -0.1) is 0 Å². The van der Waals surface area contributed by atoms with Gasteiger partial charge < -0.3 is 15.0 Å². The van der Waals surface area contributed by atoms with Crippen LogP contribution in [0.15, 0.2) is 42.5 Å². The average molecular weight is 578 g/mol. The number of halogens is 4. The van der Waals surface area contributed by atoms with Gasteiger partial charge in [0.1, 0.15) is 18.3 Å². The number of nitrogens with zero attached hydrogens (tertiary/aromatic N) is 2. The van der Waals surface area contributed by atoms with Crippen LogP contribution in [-0.4, -0.2) is 57.6 Å². The number of hydrogen-bond acceptors (Lipinski definition) is 5. The summed E-state index contributed by atoms with van der Waals surface area (Å²) in [6.07, 6.45) is -4.01. The largest absolute Gasteiger partial charge is 0.497 e. The molecule has 2 aromatic carbocycles. The highest BCUT2D eigenvalue weighted by molar-refractivity contribution is 7.92. The summed E-state index contributed by atoms with van der Waals surface area (Å²) in [7, 11) is -2.77. The molecule has 8 nitrogen and oxygen atoms in total. The predicted octanol–water partition coefficient (Wildman–Crippen LogP) is 4.32. The summed E-state index contributed by atoms with van der Waals surface area (Å²) in [6.45, 7) is 4.68. The van der Waals surface area contributed by atoms with Crippen LogP contribution in [0, 0.1) is 5.92 Å². The summed E-state index contributed by atoms with van der Waals surface area (Å²) in [5, 5.41) is 2.45. The van der Waals surface area contributed by atoms with Gasteiger partial charge in [-0.1, -0.05) is 37.6 Å². The lowest BCUT2D eigenvalue weighted by Gasteiger charge is -2.32. The summed E-state index contributed by atoms with van der Waals surface area (Å²) < 4.78 is 70.9. The number of ether oxygens (including phenoxy) is 1. The molecule has 2 amide bonds. The third kappa shape index (κ3) is 8.52. The van der Waals surface area contributed by atoms with Crippen molar-refractivity contribution in [2.75, 3.05) is 30.8 Å². The first kappa shape index (κ1) is 31.2. The number of amides is 2. The van der Waals surface area contributed by atoms with Crippen molar-refractivity contribution in [1.82, 2.24) is 10.2 Å². The van der Waals surface area contributed by atoms with Gasteiger partial charge in [-0.2, -0.15) is 13.2 Å². The fourth-order valence-corrected chi connectivity index (χ4v) is 4.56. The molecule has 210 valence electrons. The molecule has 0 unspecified atom stereocenters. The maximum atomic E-state index is 13.5. The highest BCUT2D eigenvalue weighted by Crippen LogP contribution is 2.36. The number of alkyl halides is 3. The molecule has 38 heavy (non-hydrogen) atoms. The average Bonchev–Trinajstić information content (AvgIpc) is 2.83. The van der Waals surface area contributed by atoms with E-state index in [1.54, 1.807) is 24.3 Å². The summed E-state index contributed by atoms with van der Waals surface area (Å²) in [4.78, 5) is 27.5. The number of sulfonamides is 1. The molecule has 0 saturated heterocycles. The van der Waals surface area contributed by atoms with Crippen molar-refractivity contribution in [3.8, 4) is 5.75 Å². The molecule has 2 aromatic rings. The Kier molecular flexibility index (Phi) is 10.4. The van der Waals surface area contributed by atoms with Crippen LogP contribution in [0.2, 0.25) is 5.02 Å². The third-order valence-electron chi connectivity index (χ3n) is 5.59. The molecule has 1 N–H and O–H groups in total. The fourth-order valence-electron chi connectivity index (χ4n) is 3.44. The van der Waals surface area contributed by atoms with E-state index in [0.717, 1.165) is 17.2 Å². The predicted molar refractivity (Wildman–Crippen MR) is 139 cm³/mol. The Balaban J connectivity index is 2.47. The molecule has 0 heterocycles. The van der Waals surface area contributed by atoms with Crippen LogP contribution in [0.4, 0.5) is 18.9 Å². The molecule has 0 aliphatic heterocycles.